The molecular formula is C29H23BO2. The molecule has 7 rings (SSSR count). The standard InChI is InChI=1S/C29H23BO2/c1-18-19(2)32-30(31-18)20-15-16-24-23-11-5-8-14-27(23)29(28(24)17-20)25-12-6-3-9-21(25)22-10-4-7-13-26(22)29/h3-19H,1-2H3. The van der Waals surface area contributed by atoms with E-state index >= 15 is 0 Å². The third-order valence-corrected chi connectivity index (χ3v) is 7.63. The summed E-state index contributed by atoms with van der Waals surface area (Å²) in [4.78, 5) is 0. The number of benzene rings is 4. The summed E-state index contributed by atoms with van der Waals surface area (Å²) < 4.78 is 12.3. The zero-order chi connectivity index (χ0) is 21.4. The summed E-state index contributed by atoms with van der Waals surface area (Å²) in [5, 5.41) is 0. The molecule has 0 amide bonds. The van der Waals surface area contributed by atoms with E-state index in [2.05, 4.69) is 105 Å². The summed E-state index contributed by atoms with van der Waals surface area (Å²) in [7, 11) is -0.321. The van der Waals surface area contributed by atoms with Gasteiger partial charge in [-0.3, -0.25) is 0 Å². The van der Waals surface area contributed by atoms with Gasteiger partial charge in [0.15, 0.2) is 0 Å². The fourth-order valence-electron chi connectivity index (χ4n) is 6.06. The van der Waals surface area contributed by atoms with Gasteiger partial charge in [-0.25, -0.2) is 0 Å². The number of fused-ring (bicyclic) bond motifs is 10. The lowest BCUT2D eigenvalue weighted by Crippen LogP contribution is -2.34. The molecule has 4 aromatic rings. The minimum absolute atomic E-state index is 0.0901. The molecule has 4 aromatic carbocycles. The zero-order valence-electron chi connectivity index (χ0n) is 18.2. The first-order valence-corrected chi connectivity index (χ1v) is 11.4. The van der Waals surface area contributed by atoms with Gasteiger partial charge in [0.2, 0.25) is 0 Å². The van der Waals surface area contributed by atoms with Gasteiger partial charge in [0.25, 0.3) is 0 Å². The fourth-order valence-corrected chi connectivity index (χ4v) is 6.06. The lowest BCUT2D eigenvalue weighted by Gasteiger charge is -2.30. The number of hydrogen-bond donors (Lipinski definition) is 0. The van der Waals surface area contributed by atoms with Crippen molar-refractivity contribution in [3.8, 4) is 22.3 Å². The monoisotopic (exact) mass is 414 g/mol. The van der Waals surface area contributed by atoms with Gasteiger partial charge in [-0.2, -0.15) is 0 Å². The van der Waals surface area contributed by atoms with Crippen LogP contribution in [0.5, 0.6) is 0 Å². The minimum atomic E-state index is -0.321. The third kappa shape index (κ3) is 2.18. The molecule has 0 saturated carbocycles. The summed E-state index contributed by atoms with van der Waals surface area (Å²) in [5.74, 6) is 0. The second kappa shape index (κ2) is 6.44. The molecular weight excluding hydrogens is 391 g/mol. The van der Waals surface area contributed by atoms with E-state index in [0.717, 1.165) is 5.46 Å². The normalized spacial score (nSPS) is 21.4. The molecule has 1 heterocycles. The van der Waals surface area contributed by atoms with E-state index in [1.807, 2.05) is 0 Å². The van der Waals surface area contributed by atoms with Crippen LogP contribution >= 0.6 is 0 Å². The van der Waals surface area contributed by atoms with Crippen LogP contribution in [0.25, 0.3) is 22.3 Å². The molecule has 3 aliphatic rings. The molecule has 2 aliphatic carbocycles. The topological polar surface area (TPSA) is 18.5 Å². The quantitative estimate of drug-likeness (QED) is 0.329. The zero-order valence-corrected chi connectivity index (χ0v) is 18.2. The molecule has 1 aliphatic heterocycles. The SMILES string of the molecule is CC1OB(c2ccc3c(c2)C2(c4ccccc4-c4ccccc42)c2ccccc2-3)OC1C. The van der Waals surface area contributed by atoms with Crippen molar-refractivity contribution in [2.45, 2.75) is 31.5 Å². The summed E-state index contributed by atoms with van der Waals surface area (Å²) in [5.41, 5.74) is 11.5. The molecule has 0 bridgehead atoms. The van der Waals surface area contributed by atoms with Crippen molar-refractivity contribution in [2.24, 2.45) is 0 Å². The van der Waals surface area contributed by atoms with Crippen LogP contribution in [-0.4, -0.2) is 19.3 Å². The Balaban J connectivity index is 1.56. The highest BCUT2D eigenvalue weighted by atomic mass is 16.7. The first-order valence-electron chi connectivity index (χ1n) is 11.4. The first-order chi connectivity index (χ1) is 15.7. The Morgan fingerprint density at radius 1 is 0.562 bits per heavy atom. The Morgan fingerprint density at radius 3 is 1.50 bits per heavy atom. The molecule has 32 heavy (non-hydrogen) atoms. The second-order valence-corrected chi connectivity index (χ2v) is 9.21. The molecule has 1 spiro atoms. The van der Waals surface area contributed by atoms with Crippen LogP contribution in [0, 0.1) is 0 Å². The minimum Gasteiger partial charge on any atom is -0.402 e. The molecule has 2 unspecified atom stereocenters. The highest BCUT2D eigenvalue weighted by molar-refractivity contribution is 6.62. The third-order valence-electron chi connectivity index (χ3n) is 7.63. The van der Waals surface area contributed by atoms with Gasteiger partial charge < -0.3 is 9.31 Å². The van der Waals surface area contributed by atoms with Crippen molar-refractivity contribution in [3.63, 3.8) is 0 Å². The average molecular weight is 414 g/mol. The molecule has 1 fully saturated rings. The molecule has 0 aromatic heterocycles. The maximum Gasteiger partial charge on any atom is 0.494 e. The van der Waals surface area contributed by atoms with Crippen LogP contribution in [0.15, 0.2) is 91.0 Å². The van der Waals surface area contributed by atoms with Gasteiger partial charge in [-0.05, 0) is 63.8 Å². The number of rotatable bonds is 1. The van der Waals surface area contributed by atoms with E-state index in [-0.39, 0.29) is 24.7 Å². The highest BCUT2D eigenvalue weighted by Crippen LogP contribution is 2.62. The van der Waals surface area contributed by atoms with Gasteiger partial charge in [-0.1, -0.05) is 91.0 Å². The summed E-state index contributed by atoms with van der Waals surface area (Å²) in [6.07, 6.45) is 0.180. The lowest BCUT2D eigenvalue weighted by molar-refractivity contribution is 0.187. The van der Waals surface area contributed by atoms with E-state index in [0.29, 0.717) is 0 Å². The Morgan fingerprint density at radius 2 is 1.00 bits per heavy atom. The van der Waals surface area contributed by atoms with Gasteiger partial charge in [0, 0.05) is 0 Å². The highest BCUT2D eigenvalue weighted by Gasteiger charge is 2.52. The molecule has 0 N–H and O–H groups in total. The van der Waals surface area contributed by atoms with Gasteiger partial charge in [-0.15, -0.1) is 0 Å². The Labute approximate surface area is 189 Å². The van der Waals surface area contributed by atoms with Crippen LogP contribution in [0.2, 0.25) is 0 Å². The first kappa shape index (κ1) is 18.4. The smallest absolute Gasteiger partial charge is 0.402 e. The van der Waals surface area contributed by atoms with E-state index in [1.165, 1.54) is 44.5 Å². The Bertz CT molecular complexity index is 1320. The predicted molar refractivity (Wildman–Crippen MR) is 129 cm³/mol. The largest absolute Gasteiger partial charge is 0.494 e. The molecule has 2 nitrogen and oxygen atoms in total. The van der Waals surface area contributed by atoms with Crippen molar-refractivity contribution in [1.29, 1.82) is 0 Å². The van der Waals surface area contributed by atoms with Crippen LogP contribution in [0.1, 0.15) is 36.1 Å². The lowest BCUT2D eigenvalue weighted by atomic mass is 9.68. The maximum atomic E-state index is 6.16. The van der Waals surface area contributed by atoms with Gasteiger partial charge >= 0.3 is 7.12 Å². The summed E-state index contributed by atoms with van der Waals surface area (Å²) >= 11 is 0. The van der Waals surface area contributed by atoms with Gasteiger partial charge in [0.1, 0.15) is 0 Å². The van der Waals surface area contributed by atoms with Crippen molar-refractivity contribution in [3.05, 3.63) is 113 Å². The maximum absolute atomic E-state index is 6.16. The Hall–Kier alpha value is -3.14. The van der Waals surface area contributed by atoms with E-state index in [9.17, 15) is 0 Å². The van der Waals surface area contributed by atoms with Crippen molar-refractivity contribution >= 4 is 12.6 Å². The van der Waals surface area contributed by atoms with Crippen LogP contribution in [-0.2, 0) is 14.7 Å². The van der Waals surface area contributed by atoms with Crippen molar-refractivity contribution < 1.29 is 9.31 Å². The molecule has 0 radical (unpaired) electrons. The summed E-state index contributed by atoms with van der Waals surface area (Å²) in [6.45, 7) is 4.16. The van der Waals surface area contributed by atoms with Crippen LogP contribution < -0.4 is 5.46 Å². The summed E-state index contributed by atoms with van der Waals surface area (Å²) in [6, 6.07) is 33.4. The molecule has 154 valence electrons. The van der Waals surface area contributed by atoms with Crippen LogP contribution in [0.3, 0.4) is 0 Å². The predicted octanol–water partition coefficient (Wildman–Crippen LogP) is 5.55. The molecule has 2 atom stereocenters. The van der Waals surface area contributed by atoms with E-state index < -0.39 is 0 Å². The molecule has 3 heteroatoms. The second-order valence-electron chi connectivity index (χ2n) is 9.21. The molecule has 1 saturated heterocycles. The van der Waals surface area contributed by atoms with Crippen molar-refractivity contribution in [2.75, 3.05) is 0 Å². The Kier molecular flexibility index (Phi) is 3.71. The van der Waals surface area contributed by atoms with E-state index in [1.54, 1.807) is 0 Å². The van der Waals surface area contributed by atoms with Crippen LogP contribution in [0.4, 0.5) is 0 Å². The van der Waals surface area contributed by atoms with Gasteiger partial charge in [0.05, 0.1) is 17.6 Å². The number of hydrogen-bond acceptors (Lipinski definition) is 2. The van der Waals surface area contributed by atoms with E-state index in [4.69, 9.17) is 9.31 Å². The average Bonchev–Trinajstić information content (AvgIpc) is 3.44. The van der Waals surface area contributed by atoms with Crippen molar-refractivity contribution in [1.82, 2.24) is 0 Å². The fraction of sp³-hybridized carbons (Fsp3) is 0.172.